The van der Waals surface area contributed by atoms with Crippen LogP contribution in [0.15, 0.2) is 29.2 Å². The molecule has 20 heavy (non-hydrogen) atoms. The number of rotatable bonds is 3. The van der Waals surface area contributed by atoms with E-state index in [9.17, 15) is 8.42 Å². The lowest BCUT2D eigenvalue weighted by Gasteiger charge is -2.40. The van der Waals surface area contributed by atoms with Crippen molar-refractivity contribution in [3.63, 3.8) is 0 Å². The van der Waals surface area contributed by atoms with Crippen molar-refractivity contribution in [1.82, 2.24) is 4.31 Å². The number of methoxy groups -OCH3 is 1. The average molecular weight is 299 g/mol. The third-order valence-electron chi connectivity index (χ3n) is 3.24. The van der Waals surface area contributed by atoms with Crippen molar-refractivity contribution in [2.75, 3.05) is 20.2 Å². The van der Waals surface area contributed by atoms with Crippen molar-refractivity contribution >= 4 is 10.0 Å². The topological polar surface area (TPSA) is 55.8 Å². The molecule has 1 aliphatic rings. The summed E-state index contributed by atoms with van der Waals surface area (Å²) >= 11 is 0. The SMILES string of the molecule is COc1ccc(S(=O)(=O)N2CC(C)OC(C)(C)C2)cc1. The minimum atomic E-state index is -3.49. The van der Waals surface area contributed by atoms with Crippen molar-refractivity contribution < 1.29 is 17.9 Å². The highest BCUT2D eigenvalue weighted by molar-refractivity contribution is 7.89. The summed E-state index contributed by atoms with van der Waals surface area (Å²) in [6, 6.07) is 6.45. The molecule has 112 valence electrons. The molecule has 6 heteroatoms. The first-order chi connectivity index (χ1) is 9.24. The van der Waals surface area contributed by atoms with Crippen LogP contribution in [0.25, 0.3) is 0 Å². The largest absolute Gasteiger partial charge is 0.497 e. The molecular formula is C14H21NO4S. The van der Waals surface area contributed by atoms with Gasteiger partial charge in [0.15, 0.2) is 0 Å². The van der Waals surface area contributed by atoms with Crippen molar-refractivity contribution in [2.45, 2.75) is 37.4 Å². The summed E-state index contributed by atoms with van der Waals surface area (Å²) in [5.74, 6) is 0.639. The standard InChI is InChI=1S/C14H21NO4S/c1-11-9-15(10-14(2,3)19-11)20(16,17)13-7-5-12(18-4)6-8-13/h5-8,11H,9-10H2,1-4H3. The molecule has 1 atom stereocenters. The van der Waals surface area contributed by atoms with E-state index in [2.05, 4.69) is 0 Å². The number of ether oxygens (including phenoxy) is 2. The van der Waals surface area contributed by atoms with Crippen LogP contribution in [-0.4, -0.2) is 44.6 Å². The Bertz CT molecular complexity index is 565. The molecule has 5 nitrogen and oxygen atoms in total. The summed E-state index contributed by atoms with van der Waals surface area (Å²) in [6.45, 7) is 6.42. The van der Waals surface area contributed by atoms with Crippen LogP contribution in [0.3, 0.4) is 0 Å². The monoisotopic (exact) mass is 299 g/mol. The summed E-state index contributed by atoms with van der Waals surface area (Å²) in [5, 5.41) is 0. The van der Waals surface area contributed by atoms with Crippen molar-refractivity contribution in [3.05, 3.63) is 24.3 Å². The third kappa shape index (κ3) is 3.13. The van der Waals surface area contributed by atoms with E-state index in [4.69, 9.17) is 9.47 Å². The van der Waals surface area contributed by atoms with Gasteiger partial charge in [0.05, 0.1) is 23.7 Å². The normalized spacial score (nSPS) is 23.5. The van der Waals surface area contributed by atoms with E-state index in [0.29, 0.717) is 18.8 Å². The van der Waals surface area contributed by atoms with E-state index in [-0.39, 0.29) is 11.0 Å². The number of nitrogens with zero attached hydrogens (tertiary/aromatic N) is 1. The first-order valence-electron chi connectivity index (χ1n) is 6.57. The van der Waals surface area contributed by atoms with Gasteiger partial charge in [0.1, 0.15) is 5.75 Å². The van der Waals surface area contributed by atoms with Gasteiger partial charge < -0.3 is 9.47 Å². The minimum Gasteiger partial charge on any atom is -0.497 e. The maximum Gasteiger partial charge on any atom is 0.243 e. The molecule has 1 unspecified atom stereocenters. The molecule has 0 N–H and O–H groups in total. The highest BCUT2D eigenvalue weighted by Gasteiger charge is 2.37. The lowest BCUT2D eigenvalue weighted by Crippen LogP contribution is -2.53. The van der Waals surface area contributed by atoms with Crippen LogP contribution < -0.4 is 4.74 Å². The Hall–Kier alpha value is -1.11. The van der Waals surface area contributed by atoms with E-state index in [1.807, 2.05) is 20.8 Å². The molecule has 1 aliphatic heterocycles. The van der Waals surface area contributed by atoms with Crippen LogP contribution in [0.5, 0.6) is 5.75 Å². The molecule has 0 amide bonds. The van der Waals surface area contributed by atoms with Gasteiger partial charge in [-0.15, -0.1) is 0 Å². The van der Waals surface area contributed by atoms with Crippen molar-refractivity contribution in [1.29, 1.82) is 0 Å². The first-order valence-corrected chi connectivity index (χ1v) is 8.01. The molecule has 0 radical (unpaired) electrons. The summed E-state index contributed by atoms with van der Waals surface area (Å²) in [6.07, 6.45) is -0.119. The fraction of sp³-hybridized carbons (Fsp3) is 0.571. The summed E-state index contributed by atoms with van der Waals surface area (Å²) in [7, 11) is -1.94. The van der Waals surface area contributed by atoms with Gasteiger partial charge in [-0.25, -0.2) is 8.42 Å². The van der Waals surface area contributed by atoms with E-state index < -0.39 is 15.6 Å². The van der Waals surface area contributed by atoms with Gasteiger partial charge >= 0.3 is 0 Å². The first kappa shape index (κ1) is 15.3. The van der Waals surface area contributed by atoms with Gasteiger partial charge in [0.25, 0.3) is 0 Å². The zero-order valence-corrected chi connectivity index (χ0v) is 13.1. The zero-order valence-electron chi connectivity index (χ0n) is 12.3. The quantitative estimate of drug-likeness (QED) is 0.855. The van der Waals surface area contributed by atoms with Crippen LogP contribution in [0.1, 0.15) is 20.8 Å². The maximum absolute atomic E-state index is 12.6. The Morgan fingerprint density at radius 3 is 2.40 bits per heavy atom. The molecular weight excluding hydrogens is 278 g/mol. The molecule has 0 saturated carbocycles. The third-order valence-corrected chi connectivity index (χ3v) is 5.06. The Morgan fingerprint density at radius 2 is 1.90 bits per heavy atom. The fourth-order valence-electron chi connectivity index (χ4n) is 2.48. The van der Waals surface area contributed by atoms with Crippen LogP contribution in [0.2, 0.25) is 0 Å². The number of hydrogen-bond donors (Lipinski definition) is 0. The Morgan fingerprint density at radius 1 is 1.30 bits per heavy atom. The van der Waals surface area contributed by atoms with Gasteiger partial charge in [0, 0.05) is 13.1 Å². The van der Waals surface area contributed by atoms with Gasteiger partial charge in [-0.2, -0.15) is 4.31 Å². The molecule has 0 spiro atoms. The molecule has 1 aromatic carbocycles. The van der Waals surface area contributed by atoms with Crippen LogP contribution in [0, 0.1) is 0 Å². The molecule has 1 fully saturated rings. The van der Waals surface area contributed by atoms with E-state index in [0.717, 1.165) is 0 Å². The van der Waals surface area contributed by atoms with Crippen molar-refractivity contribution in [2.24, 2.45) is 0 Å². The van der Waals surface area contributed by atoms with Crippen LogP contribution in [0.4, 0.5) is 0 Å². The van der Waals surface area contributed by atoms with Gasteiger partial charge in [-0.1, -0.05) is 0 Å². The maximum atomic E-state index is 12.6. The highest BCUT2D eigenvalue weighted by Crippen LogP contribution is 2.27. The minimum absolute atomic E-state index is 0.119. The molecule has 0 bridgehead atoms. The second kappa shape index (κ2) is 5.35. The average Bonchev–Trinajstić information content (AvgIpc) is 2.36. The van der Waals surface area contributed by atoms with E-state index >= 15 is 0 Å². The van der Waals surface area contributed by atoms with Crippen LogP contribution in [-0.2, 0) is 14.8 Å². The molecule has 0 aromatic heterocycles. The Labute approximate surface area is 120 Å². The second-order valence-electron chi connectivity index (χ2n) is 5.66. The molecule has 2 rings (SSSR count). The predicted molar refractivity (Wildman–Crippen MR) is 76.4 cm³/mol. The van der Waals surface area contributed by atoms with Gasteiger partial charge in [0.2, 0.25) is 10.0 Å². The zero-order chi connectivity index (χ0) is 15.0. The van der Waals surface area contributed by atoms with E-state index in [1.54, 1.807) is 31.4 Å². The second-order valence-corrected chi connectivity index (χ2v) is 7.60. The number of morpholine rings is 1. The molecule has 0 aliphatic carbocycles. The summed E-state index contributed by atoms with van der Waals surface area (Å²) in [4.78, 5) is 0.281. The number of benzene rings is 1. The number of hydrogen-bond acceptors (Lipinski definition) is 4. The summed E-state index contributed by atoms with van der Waals surface area (Å²) in [5.41, 5.74) is -0.475. The fourth-order valence-corrected chi connectivity index (χ4v) is 4.14. The Kier molecular flexibility index (Phi) is 4.09. The molecule has 1 saturated heterocycles. The van der Waals surface area contributed by atoms with E-state index in [1.165, 1.54) is 4.31 Å². The van der Waals surface area contributed by atoms with Gasteiger partial charge in [-0.3, -0.25) is 0 Å². The number of sulfonamides is 1. The molecule has 1 aromatic rings. The van der Waals surface area contributed by atoms with Gasteiger partial charge in [-0.05, 0) is 45.0 Å². The molecule has 1 heterocycles. The Balaban J connectivity index is 2.29. The lowest BCUT2D eigenvalue weighted by molar-refractivity contribution is -0.109. The van der Waals surface area contributed by atoms with Crippen molar-refractivity contribution in [3.8, 4) is 5.75 Å². The summed E-state index contributed by atoms with van der Waals surface area (Å²) < 4.78 is 37.6. The predicted octanol–water partition coefficient (Wildman–Crippen LogP) is 1.88. The highest BCUT2D eigenvalue weighted by atomic mass is 32.2. The van der Waals surface area contributed by atoms with Crippen LogP contribution >= 0.6 is 0 Å². The smallest absolute Gasteiger partial charge is 0.243 e. The lowest BCUT2D eigenvalue weighted by atomic mass is 10.1.